The molecule has 0 aromatic heterocycles. The number of amides is 1. The van der Waals surface area contributed by atoms with E-state index in [1.54, 1.807) is 0 Å². The van der Waals surface area contributed by atoms with Gasteiger partial charge in [-0.1, -0.05) is 48.5 Å². The molecule has 5 nitrogen and oxygen atoms in total. The Labute approximate surface area is 179 Å². The molecule has 1 amide bonds. The maximum absolute atomic E-state index is 13.2. The van der Waals surface area contributed by atoms with Crippen molar-refractivity contribution in [3.8, 4) is 11.1 Å². The highest BCUT2D eigenvalue weighted by molar-refractivity contribution is 7.88. The third kappa shape index (κ3) is 4.76. The van der Waals surface area contributed by atoms with Gasteiger partial charge >= 0.3 is 0 Å². The van der Waals surface area contributed by atoms with E-state index in [1.807, 2.05) is 11.0 Å². The number of carbonyl (C=O) groups excluding carboxylic acids is 1. The maximum atomic E-state index is 13.2. The van der Waals surface area contributed by atoms with Gasteiger partial charge in [0, 0.05) is 25.0 Å². The van der Waals surface area contributed by atoms with Gasteiger partial charge in [-0.15, -0.1) is 0 Å². The molecule has 0 radical (unpaired) electrons. The summed E-state index contributed by atoms with van der Waals surface area (Å²) in [6.45, 7) is 3.47. The number of nitrogens with one attached hydrogen (secondary N) is 1. The summed E-state index contributed by atoms with van der Waals surface area (Å²) in [6, 6.07) is 16.7. The number of rotatable bonds is 5. The lowest BCUT2D eigenvalue weighted by molar-refractivity contribution is -0.132. The van der Waals surface area contributed by atoms with Crippen LogP contribution in [-0.2, 0) is 14.8 Å². The second kappa shape index (κ2) is 8.52. The van der Waals surface area contributed by atoms with Gasteiger partial charge in [-0.25, -0.2) is 13.1 Å². The average Bonchev–Trinajstić information content (AvgIpc) is 3.51. The van der Waals surface area contributed by atoms with Crippen LogP contribution in [0.1, 0.15) is 42.7 Å². The van der Waals surface area contributed by atoms with Gasteiger partial charge in [0.1, 0.15) is 0 Å². The van der Waals surface area contributed by atoms with Gasteiger partial charge in [0.05, 0.1) is 6.26 Å². The van der Waals surface area contributed by atoms with E-state index in [4.69, 9.17) is 0 Å². The Morgan fingerprint density at radius 1 is 1.03 bits per heavy atom. The van der Waals surface area contributed by atoms with E-state index in [2.05, 4.69) is 54.1 Å². The molecule has 1 aliphatic heterocycles. The highest BCUT2D eigenvalue weighted by Crippen LogP contribution is 2.52. The summed E-state index contributed by atoms with van der Waals surface area (Å²) in [5, 5.41) is 0. The van der Waals surface area contributed by atoms with Crippen molar-refractivity contribution in [2.45, 2.75) is 44.6 Å². The van der Waals surface area contributed by atoms with E-state index >= 15 is 0 Å². The van der Waals surface area contributed by atoms with Crippen LogP contribution < -0.4 is 4.72 Å². The predicted octanol–water partition coefficient (Wildman–Crippen LogP) is 3.70. The van der Waals surface area contributed by atoms with E-state index in [0.29, 0.717) is 19.5 Å². The van der Waals surface area contributed by atoms with Crippen molar-refractivity contribution in [1.82, 2.24) is 9.62 Å². The number of likely N-dealkylation sites (tertiary alicyclic amines) is 1. The fourth-order valence-corrected chi connectivity index (χ4v) is 5.64. The molecule has 2 aliphatic rings. The Hall–Kier alpha value is -2.18. The fourth-order valence-electron chi connectivity index (χ4n) is 4.80. The van der Waals surface area contributed by atoms with E-state index in [-0.39, 0.29) is 23.8 Å². The number of aryl methyl sites for hydroxylation is 1. The van der Waals surface area contributed by atoms with Crippen molar-refractivity contribution < 1.29 is 13.2 Å². The van der Waals surface area contributed by atoms with Crippen LogP contribution >= 0.6 is 0 Å². The number of hydrogen-bond acceptors (Lipinski definition) is 3. The number of nitrogens with zero attached hydrogens (tertiary/aromatic N) is 1. The normalized spacial score (nSPS) is 24.3. The summed E-state index contributed by atoms with van der Waals surface area (Å²) in [5.41, 5.74) is 4.96. The van der Waals surface area contributed by atoms with E-state index in [0.717, 1.165) is 19.3 Å². The summed E-state index contributed by atoms with van der Waals surface area (Å²) < 4.78 is 25.8. The average molecular weight is 427 g/mol. The molecular weight excluding hydrogens is 396 g/mol. The highest BCUT2D eigenvalue weighted by atomic mass is 32.2. The molecule has 1 heterocycles. The molecule has 0 bridgehead atoms. The molecule has 1 N–H and O–H groups in total. The molecule has 2 aromatic carbocycles. The van der Waals surface area contributed by atoms with E-state index in [1.165, 1.54) is 28.5 Å². The quantitative estimate of drug-likeness (QED) is 0.793. The summed E-state index contributed by atoms with van der Waals surface area (Å²) in [6.07, 6.45) is 4.37. The van der Waals surface area contributed by atoms with Crippen molar-refractivity contribution in [3.05, 3.63) is 59.7 Å². The van der Waals surface area contributed by atoms with Crippen LogP contribution in [0.2, 0.25) is 0 Å². The molecule has 6 heteroatoms. The topological polar surface area (TPSA) is 66.5 Å². The fraction of sp³-hybridized carbons (Fsp3) is 0.458. The lowest BCUT2D eigenvalue weighted by Gasteiger charge is -2.21. The van der Waals surface area contributed by atoms with Crippen molar-refractivity contribution in [1.29, 1.82) is 0 Å². The SMILES string of the molecule is Cc1cccc(-c2ccccc2)c1[C@@H]1C[C@H]1C(=O)N1CCC[C@@H](NS(C)(=O)=O)CC1. The number of carbonyl (C=O) groups is 1. The van der Waals surface area contributed by atoms with Crippen LogP contribution in [0.15, 0.2) is 48.5 Å². The van der Waals surface area contributed by atoms with Gasteiger partial charge in [-0.3, -0.25) is 4.79 Å². The Bertz CT molecular complexity index is 1020. The second-order valence-corrected chi connectivity index (χ2v) is 10.5. The predicted molar refractivity (Wildman–Crippen MR) is 120 cm³/mol. The Balaban J connectivity index is 1.47. The van der Waals surface area contributed by atoms with Crippen LogP contribution in [-0.4, -0.2) is 44.6 Å². The van der Waals surface area contributed by atoms with E-state index in [9.17, 15) is 13.2 Å². The summed E-state index contributed by atoms with van der Waals surface area (Å²) in [4.78, 5) is 15.2. The lowest BCUT2D eigenvalue weighted by atomic mass is 9.92. The molecule has 0 unspecified atom stereocenters. The molecule has 160 valence electrons. The first kappa shape index (κ1) is 21.1. The van der Waals surface area contributed by atoms with Crippen molar-refractivity contribution in [2.75, 3.05) is 19.3 Å². The van der Waals surface area contributed by atoms with Gasteiger partial charge in [-0.2, -0.15) is 0 Å². The third-order valence-corrected chi connectivity index (χ3v) is 7.07. The molecular formula is C24H30N2O3S. The van der Waals surface area contributed by atoms with Gasteiger partial charge in [0.2, 0.25) is 15.9 Å². The summed E-state index contributed by atoms with van der Waals surface area (Å²) in [7, 11) is -3.22. The third-order valence-electron chi connectivity index (χ3n) is 6.31. The van der Waals surface area contributed by atoms with Gasteiger partial charge in [-0.05, 0) is 60.8 Å². The van der Waals surface area contributed by atoms with Crippen LogP contribution in [0, 0.1) is 12.8 Å². The number of hydrogen-bond donors (Lipinski definition) is 1. The first-order chi connectivity index (χ1) is 14.3. The largest absolute Gasteiger partial charge is 0.342 e. The minimum absolute atomic E-state index is 0.0352. The van der Waals surface area contributed by atoms with Crippen molar-refractivity contribution in [3.63, 3.8) is 0 Å². The monoisotopic (exact) mass is 426 g/mol. The molecule has 3 atom stereocenters. The molecule has 4 rings (SSSR count). The molecule has 30 heavy (non-hydrogen) atoms. The maximum Gasteiger partial charge on any atom is 0.226 e. The molecule has 1 saturated heterocycles. The van der Waals surface area contributed by atoms with Crippen LogP contribution in [0.5, 0.6) is 0 Å². The smallest absolute Gasteiger partial charge is 0.226 e. The number of benzene rings is 2. The highest BCUT2D eigenvalue weighted by Gasteiger charge is 2.47. The molecule has 1 aliphatic carbocycles. The summed E-state index contributed by atoms with van der Waals surface area (Å²) >= 11 is 0. The second-order valence-electron chi connectivity index (χ2n) is 8.69. The molecule has 1 saturated carbocycles. The minimum atomic E-state index is -3.22. The standard InChI is InChI=1S/C24H30N2O3S/c1-17-8-6-12-20(18-9-4-3-5-10-18)23(17)21-16-22(21)24(27)26-14-7-11-19(13-15-26)25-30(2,28)29/h3-6,8-10,12,19,21-22,25H,7,11,13-16H2,1-2H3/t19-,21-,22-/m1/s1. The molecule has 0 spiro atoms. The minimum Gasteiger partial charge on any atom is -0.342 e. The molecule has 2 aromatic rings. The Morgan fingerprint density at radius 3 is 2.53 bits per heavy atom. The van der Waals surface area contributed by atoms with Crippen LogP contribution in [0.25, 0.3) is 11.1 Å². The zero-order valence-corrected chi connectivity index (χ0v) is 18.5. The van der Waals surface area contributed by atoms with Crippen molar-refractivity contribution in [2.24, 2.45) is 5.92 Å². The van der Waals surface area contributed by atoms with E-state index < -0.39 is 10.0 Å². The zero-order chi connectivity index (χ0) is 21.3. The Kier molecular flexibility index (Phi) is 5.98. The number of sulfonamides is 1. The van der Waals surface area contributed by atoms with Crippen LogP contribution in [0.3, 0.4) is 0 Å². The van der Waals surface area contributed by atoms with Crippen LogP contribution in [0.4, 0.5) is 0 Å². The molecule has 2 fully saturated rings. The first-order valence-electron chi connectivity index (χ1n) is 10.7. The van der Waals surface area contributed by atoms with Gasteiger partial charge in [0.25, 0.3) is 0 Å². The van der Waals surface area contributed by atoms with Crippen molar-refractivity contribution >= 4 is 15.9 Å². The zero-order valence-electron chi connectivity index (χ0n) is 17.7. The summed E-state index contributed by atoms with van der Waals surface area (Å²) in [5.74, 6) is 0.525. The van der Waals surface area contributed by atoms with Gasteiger partial charge < -0.3 is 4.90 Å². The first-order valence-corrected chi connectivity index (χ1v) is 12.6. The lowest BCUT2D eigenvalue weighted by Crippen LogP contribution is -2.36. The Morgan fingerprint density at radius 2 is 1.80 bits per heavy atom. The van der Waals surface area contributed by atoms with Gasteiger partial charge in [0.15, 0.2) is 0 Å².